The first-order valence-electron chi connectivity index (χ1n) is 13.7. The highest BCUT2D eigenvalue weighted by Crippen LogP contribution is 2.49. The van der Waals surface area contributed by atoms with Crippen LogP contribution in [0.2, 0.25) is 5.02 Å². The molecule has 0 bridgehead atoms. The van der Waals surface area contributed by atoms with Crippen molar-refractivity contribution >= 4 is 29.3 Å². The summed E-state index contributed by atoms with van der Waals surface area (Å²) in [5, 5.41) is 9.62. The van der Waals surface area contributed by atoms with Crippen LogP contribution in [0.1, 0.15) is 79.8 Å². The van der Waals surface area contributed by atoms with Crippen molar-refractivity contribution in [2.75, 3.05) is 20.3 Å². The van der Waals surface area contributed by atoms with Crippen LogP contribution in [0.4, 0.5) is 8.78 Å². The second-order valence-corrected chi connectivity index (χ2v) is 9.76. The quantitative estimate of drug-likeness (QED) is 0.254. The highest BCUT2D eigenvalue weighted by atomic mass is 35.5. The Morgan fingerprint density at radius 3 is 2.33 bits per heavy atom. The number of aromatic nitrogens is 1. The predicted molar refractivity (Wildman–Crippen MR) is 155 cm³/mol. The van der Waals surface area contributed by atoms with Crippen LogP contribution in [0.15, 0.2) is 23.1 Å². The van der Waals surface area contributed by atoms with Crippen molar-refractivity contribution in [3.63, 3.8) is 0 Å². The number of esters is 1. The monoisotopic (exact) mass is 615 g/mol. The lowest BCUT2D eigenvalue weighted by atomic mass is 10.1. The fraction of sp³-hybridized carbons (Fsp3) is 0.517. The number of carbonyl (C=O) groups is 3. The number of amides is 1. The van der Waals surface area contributed by atoms with Crippen LogP contribution < -0.4 is 21.2 Å². The van der Waals surface area contributed by atoms with Gasteiger partial charge in [0.1, 0.15) is 28.0 Å². The number of benzene rings is 1. The number of carbonyl (C=O) groups excluding carboxylic acids is 3. The predicted octanol–water partition coefficient (Wildman–Crippen LogP) is 4.15. The number of ketones is 1. The zero-order valence-corrected chi connectivity index (χ0v) is 25.3. The molecule has 2 aromatic rings. The number of aliphatic hydroxyl groups excluding tert-OH is 1. The van der Waals surface area contributed by atoms with E-state index in [-0.39, 0.29) is 30.0 Å². The van der Waals surface area contributed by atoms with Gasteiger partial charge in [-0.25, -0.2) is 13.6 Å². The molecule has 1 heterocycles. The first kappa shape index (κ1) is 36.7. The summed E-state index contributed by atoms with van der Waals surface area (Å²) in [5.41, 5.74) is 3.44. The molecule has 42 heavy (non-hydrogen) atoms. The number of fused-ring (bicyclic) bond motifs is 1. The molecule has 234 valence electrons. The molecule has 1 aromatic heterocycles. The summed E-state index contributed by atoms with van der Waals surface area (Å²) in [6.45, 7) is 7.73. The van der Waals surface area contributed by atoms with E-state index in [0.29, 0.717) is 18.2 Å². The van der Waals surface area contributed by atoms with Crippen molar-refractivity contribution < 1.29 is 37.7 Å². The summed E-state index contributed by atoms with van der Waals surface area (Å²) < 4.78 is 37.0. The number of ether oxygens (including phenoxy) is 2. The van der Waals surface area contributed by atoms with Crippen molar-refractivity contribution in [1.82, 2.24) is 10.3 Å². The van der Waals surface area contributed by atoms with E-state index < -0.39 is 45.8 Å². The Labute approximate surface area is 248 Å². The van der Waals surface area contributed by atoms with E-state index in [9.17, 15) is 28.0 Å². The zero-order valence-electron chi connectivity index (χ0n) is 24.5. The lowest BCUT2D eigenvalue weighted by molar-refractivity contribution is -0.119. The van der Waals surface area contributed by atoms with Gasteiger partial charge in [-0.1, -0.05) is 31.5 Å². The number of nitrogens with one attached hydrogen (secondary N) is 2. The third-order valence-corrected chi connectivity index (χ3v) is 6.40. The minimum Gasteiger partial charge on any atom is -0.491 e. The molecule has 2 fully saturated rings. The van der Waals surface area contributed by atoms with Crippen molar-refractivity contribution in [1.29, 1.82) is 0 Å². The number of aromatic amines is 1. The minimum absolute atomic E-state index is 0.0692. The molecule has 13 heteroatoms. The Balaban J connectivity index is 0.000000511. The molecule has 10 nitrogen and oxygen atoms in total. The van der Waals surface area contributed by atoms with Gasteiger partial charge in [-0.2, -0.15) is 0 Å². The van der Waals surface area contributed by atoms with Crippen molar-refractivity contribution in [3.05, 3.63) is 62.0 Å². The standard InChI is InChI=1S/C18H17ClF2N2O5.C6H8O.C3H9NO.C2H6/c1-8(2)28-18(26)14-16(27-3)15(24)10(7-22-14)17(25)23-6-9-4-5-11(20)12(19)13(9)21;7-6-2-1-4-3-5(4)6;4-2-1-3-5;1-2/h4-5,7-8H,6H2,1-3H3,(H,22,24)(H,23,25);4-5H,1-3H2;5H,1-4H2;1-2H3. The number of hydrogen-bond acceptors (Lipinski definition) is 8. The maximum Gasteiger partial charge on any atom is 0.359 e. The number of nitrogens with two attached hydrogens (primary N) is 1. The van der Waals surface area contributed by atoms with Gasteiger partial charge in [-0.3, -0.25) is 14.4 Å². The molecule has 0 radical (unpaired) electrons. The number of Topliss-reactive ketones (excluding diaryl/α,β-unsaturated/α-hetero) is 1. The number of hydrogen-bond donors (Lipinski definition) is 4. The third kappa shape index (κ3) is 10.5. The van der Waals surface area contributed by atoms with E-state index in [4.69, 9.17) is 31.9 Å². The Kier molecular flexibility index (Phi) is 15.9. The highest BCUT2D eigenvalue weighted by molar-refractivity contribution is 6.30. The Bertz CT molecular complexity index is 1270. The normalized spacial score (nSPS) is 16.0. The maximum atomic E-state index is 13.9. The van der Waals surface area contributed by atoms with Gasteiger partial charge in [0.15, 0.2) is 11.4 Å². The van der Waals surface area contributed by atoms with E-state index in [1.54, 1.807) is 13.8 Å². The van der Waals surface area contributed by atoms with E-state index in [2.05, 4.69) is 10.3 Å². The van der Waals surface area contributed by atoms with E-state index in [1.807, 2.05) is 13.8 Å². The summed E-state index contributed by atoms with van der Waals surface area (Å²) in [7, 11) is 1.16. The lowest BCUT2D eigenvalue weighted by Gasteiger charge is -2.12. The molecular weight excluding hydrogens is 576 g/mol. The van der Waals surface area contributed by atoms with Gasteiger partial charge in [-0.15, -0.1) is 0 Å². The molecular formula is C29H40ClF2N3O7. The Hall–Kier alpha value is -3.35. The fourth-order valence-corrected chi connectivity index (χ4v) is 4.02. The number of halogens is 3. The average Bonchev–Trinajstić information content (AvgIpc) is 3.67. The van der Waals surface area contributed by atoms with Gasteiger partial charge in [0.05, 0.1) is 13.2 Å². The van der Waals surface area contributed by atoms with Gasteiger partial charge in [0.2, 0.25) is 5.43 Å². The highest BCUT2D eigenvalue weighted by Gasteiger charge is 2.47. The number of pyridine rings is 1. The van der Waals surface area contributed by atoms with Crippen LogP contribution in [0.3, 0.4) is 0 Å². The van der Waals surface area contributed by atoms with Crippen LogP contribution in [-0.4, -0.2) is 54.1 Å². The summed E-state index contributed by atoms with van der Waals surface area (Å²) in [4.78, 5) is 49.9. The minimum atomic E-state index is -1.01. The molecule has 2 unspecified atom stereocenters. The zero-order chi connectivity index (χ0) is 32.0. The van der Waals surface area contributed by atoms with E-state index in [0.717, 1.165) is 44.2 Å². The fourth-order valence-electron chi connectivity index (χ4n) is 3.84. The topological polar surface area (TPSA) is 161 Å². The van der Waals surface area contributed by atoms with Crippen LogP contribution in [0, 0.1) is 23.5 Å². The molecule has 1 amide bonds. The lowest BCUT2D eigenvalue weighted by Crippen LogP contribution is -2.30. The summed E-state index contributed by atoms with van der Waals surface area (Å²) >= 11 is 5.48. The van der Waals surface area contributed by atoms with Crippen LogP contribution >= 0.6 is 11.6 Å². The molecule has 2 atom stereocenters. The summed E-state index contributed by atoms with van der Waals surface area (Å²) in [5.74, 6) is -2.10. The van der Waals surface area contributed by atoms with Crippen molar-refractivity contribution in [2.45, 2.75) is 66.0 Å². The first-order valence-corrected chi connectivity index (χ1v) is 14.1. The van der Waals surface area contributed by atoms with Gasteiger partial charge in [0, 0.05) is 37.3 Å². The van der Waals surface area contributed by atoms with Gasteiger partial charge in [0.25, 0.3) is 5.91 Å². The van der Waals surface area contributed by atoms with E-state index >= 15 is 0 Å². The molecule has 0 saturated heterocycles. The summed E-state index contributed by atoms with van der Waals surface area (Å²) in [6, 6.07) is 2.07. The Morgan fingerprint density at radius 2 is 1.90 bits per heavy atom. The second-order valence-electron chi connectivity index (χ2n) is 9.38. The third-order valence-electron chi connectivity index (χ3n) is 6.05. The van der Waals surface area contributed by atoms with Gasteiger partial charge in [-0.05, 0) is 51.6 Å². The number of aliphatic hydroxyl groups is 1. The summed E-state index contributed by atoms with van der Waals surface area (Å²) in [6.07, 6.45) is 4.61. The second kappa shape index (κ2) is 18.2. The molecule has 2 aliphatic carbocycles. The molecule has 1 aromatic carbocycles. The molecule has 0 spiro atoms. The molecule has 4 rings (SSSR count). The van der Waals surface area contributed by atoms with Gasteiger partial charge < -0.3 is 30.6 Å². The maximum absolute atomic E-state index is 13.9. The van der Waals surface area contributed by atoms with E-state index in [1.165, 1.54) is 12.8 Å². The van der Waals surface area contributed by atoms with Crippen LogP contribution in [0.5, 0.6) is 5.75 Å². The van der Waals surface area contributed by atoms with Gasteiger partial charge >= 0.3 is 5.97 Å². The smallest absolute Gasteiger partial charge is 0.359 e. The molecule has 2 aliphatic rings. The SMILES string of the molecule is CC.COc1c(C(=O)OC(C)C)[nH]cc(C(=O)NCc2ccc(F)c(Cl)c2F)c1=O.NCCCO.O=C1CCC2CC12. The number of rotatable bonds is 8. The first-order chi connectivity index (χ1) is 20.0. The number of H-pyrrole nitrogens is 1. The molecule has 0 aliphatic heterocycles. The largest absolute Gasteiger partial charge is 0.491 e. The van der Waals surface area contributed by atoms with Crippen molar-refractivity contribution in [3.8, 4) is 5.75 Å². The molecule has 5 N–H and O–H groups in total. The van der Waals surface area contributed by atoms with Crippen LogP contribution in [0.25, 0.3) is 0 Å². The molecule has 2 saturated carbocycles. The van der Waals surface area contributed by atoms with Crippen LogP contribution in [-0.2, 0) is 16.1 Å². The Morgan fingerprint density at radius 1 is 1.24 bits per heavy atom. The number of methoxy groups -OCH3 is 1. The average molecular weight is 616 g/mol. The van der Waals surface area contributed by atoms with Crippen molar-refractivity contribution in [2.24, 2.45) is 17.6 Å².